The van der Waals surface area contributed by atoms with E-state index >= 15 is 0 Å². The van der Waals surface area contributed by atoms with Crippen molar-refractivity contribution in [3.8, 4) is 0 Å². The second-order valence-corrected chi connectivity index (χ2v) is 3.88. The molecule has 0 aliphatic rings. The molecule has 0 amide bonds. The smallest absolute Gasteiger partial charge is 0.136 e. The van der Waals surface area contributed by atoms with Crippen molar-refractivity contribution in [2.45, 2.75) is 19.8 Å². The third-order valence-electron chi connectivity index (χ3n) is 1.93. The van der Waals surface area contributed by atoms with Crippen LogP contribution in [0.5, 0.6) is 0 Å². The fourth-order valence-corrected chi connectivity index (χ4v) is 1.42. The van der Waals surface area contributed by atoms with E-state index in [0.717, 1.165) is 23.4 Å². The van der Waals surface area contributed by atoms with Crippen LogP contribution in [-0.2, 0) is 12.8 Å². The summed E-state index contributed by atoms with van der Waals surface area (Å²) < 4.78 is 5.45. The van der Waals surface area contributed by atoms with Crippen molar-refractivity contribution in [2.75, 3.05) is 7.05 Å². The van der Waals surface area contributed by atoms with Gasteiger partial charge in [-0.1, -0.05) is 12.1 Å². The van der Waals surface area contributed by atoms with E-state index < -0.39 is 0 Å². The summed E-state index contributed by atoms with van der Waals surface area (Å²) in [5.41, 5.74) is 1.69. The maximum atomic E-state index is 7.51. The molecule has 0 atom stereocenters. The molecular formula is C10H14BrN3O. The van der Waals surface area contributed by atoms with Crippen LogP contribution >= 0.6 is 15.9 Å². The minimum absolute atomic E-state index is 0.359. The van der Waals surface area contributed by atoms with Gasteiger partial charge in [0.1, 0.15) is 10.4 Å². The minimum Gasteiger partial charge on any atom is -0.394 e. The highest BCUT2D eigenvalue weighted by molar-refractivity contribution is 9.18. The molecule has 2 N–H and O–H groups in total. The summed E-state index contributed by atoms with van der Waals surface area (Å²) in [5, 5.41) is 14.3. The average molecular weight is 272 g/mol. The molecule has 0 saturated carbocycles. The first-order chi connectivity index (χ1) is 7.17. The lowest BCUT2D eigenvalue weighted by atomic mass is 10.1. The number of nitrogens with one attached hydrogen (secondary N) is 2. The fourth-order valence-electron chi connectivity index (χ4n) is 1.17. The quantitative estimate of drug-likeness (QED) is 0.808. The van der Waals surface area contributed by atoms with Gasteiger partial charge in [-0.2, -0.15) is 0 Å². The lowest BCUT2D eigenvalue weighted by Gasteiger charge is -2.00. The van der Waals surface area contributed by atoms with E-state index in [1.807, 2.05) is 13.0 Å². The molecule has 0 radical (unpaired) electrons. The first-order valence-corrected chi connectivity index (χ1v) is 5.51. The Hall–Kier alpha value is -1.10. The minimum atomic E-state index is 0.359. The fraction of sp³-hybridized carbons (Fsp3) is 0.400. The first-order valence-electron chi connectivity index (χ1n) is 4.72. The Bertz CT molecular complexity index is 370. The van der Waals surface area contributed by atoms with Crippen molar-refractivity contribution in [3.63, 3.8) is 0 Å². The molecule has 15 heavy (non-hydrogen) atoms. The van der Waals surface area contributed by atoms with Crippen LogP contribution in [0, 0.1) is 5.41 Å². The number of hydrogen-bond acceptors (Lipinski definition) is 4. The molecule has 82 valence electrons. The summed E-state index contributed by atoms with van der Waals surface area (Å²) in [5.74, 6) is 0.870. The van der Waals surface area contributed by atoms with E-state index in [1.54, 1.807) is 13.2 Å². The lowest BCUT2D eigenvalue weighted by Crippen LogP contribution is -2.04. The molecule has 0 bridgehead atoms. The van der Waals surface area contributed by atoms with Crippen LogP contribution in [0.15, 0.2) is 22.4 Å². The molecule has 0 aliphatic carbocycles. The topological polar surface area (TPSA) is 61.9 Å². The largest absolute Gasteiger partial charge is 0.394 e. The number of nitrogens with zero attached hydrogens (tertiary/aromatic N) is 1. The number of allylic oxidation sites excluding steroid dienone is 1. The summed E-state index contributed by atoms with van der Waals surface area (Å²) in [6.07, 6.45) is 3.20. The standard InChI is InChI=1S/C10H14BrN3O/c1-3-9-5-8(14-15-9)4-7(6-13-2)10(11)12/h5-6,12-13H,3-4H2,1-2H3/b7-6-,12-10?. The van der Waals surface area contributed by atoms with Gasteiger partial charge in [-0.15, -0.1) is 0 Å². The van der Waals surface area contributed by atoms with Gasteiger partial charge in [0, 0.05) is 37.7 Å². The van der Waals surface area contributed by atoms with Crippen LogP contribution in [0.25, 0.3) is 0 Å². The highest BCUT2D eigenvalue weighted by Crippen LogP contribution is 2.12. The van der Waals surface area contributed by atoms with Crippen LogP contribution in [0.4, 0.5) is 0 Å². The van der Waals surface area contributed by atoms with Gasteiger partial charge < -0.3 is 9.84 Å². The Balaban J connectivity index is 2.74. The zero-order valence-electron chi connectivity index (χ0n) is 8.80. The van der Waals surface area contributed by atoms with E-state index in [-0.39, 0.29) is 0 Å². The van der Waals surface area contributed by atoms with Gasteiger partial charge in [-0.25, -0.2) is 0 Å². The van der Waals surface area contributed by atoms with E-state index in [9.17, 15) is 0 Å². The maximum Gasteiger partial charge on any atom is 0.136 e. The van der Waals surface area contributed by atoms with Gasteiger partial charge >= 0.3 is 0 Å². The number of aryl methyl sites for hydroxylation is 1. The first kappa shape index (κ1) is 12.0. The summed E-state index contributed by atoms with van der Waals surface area (Å²) in [4.78, 5) is 0. The molecule has 1 aromatic rings. The second-order valence-electron chi connectivity index (χ2n) is 3.09. The molecule has 0 aliphatic heterocycles. The predicted molar refractivity (Wildman–Crippen MR) is 63.4 cm³/mol. The molecule has 4 nitrogen and oxygen atoms in total. The summed E-state index contributed by atoms with van der Waals surface area (Å²) >= 11 is 3.14. The van der Waals surface area contributed by atoms with Crippen LogP contribution in [-0.4, -0.2) is 16.8 Å². The van der Waals surface area contributed by atoms with E-state index in [1.165, 1.54) is 0 Å². The van der Waals surface area contributed by atoms with Gasteiger partial charge in [0.15, 0.2) is 0 Å². The van der Waals surface area contributed by atoms with Crippen molar-refractivity contribution in [1.29, 1.82) is 5.41 Å². The van der Waals surface area contributed by atoms with E-state index in [0.29, 0.717) is 11.0 Å². The molecule has 1 aromatic heterocycles. The Kier molecular flexibility index (Phi) is 4.55. The van der Waals surface area contributed by atoms with Gasteiger partial charge in [0.05, 0.1) is 5.69 Å². The Labute approximate surface area is 97.4 Å². The molecule has 0 unspecified atom stereocenters. The number of rotatable bonds is 5. The average Bonchev–Trinajstić information content (AvgIpc) is 2.65. The third-order valence-corrected chi connectivity index (χ3v) is 2.44. The molecule has 0 saturated heterocycles. The molecule has 1 heterocycles. The molecule has 0 fully saturated rings. The number of aromatic nitrogens is 1. The van der Waals surface area contributed by atoms with Crippen LogP contribution in [0.1, 0.15) is 18.4 Å². The van der Waals surface area contributed by atoms with Gasteiger partial charge in [-0.3, -0.25) is 5.41 Å². The highest BCUT2D eigenvalue weighted by Gasteiger charge is 2.07. The monoisotopic (exact) mass is 271 g/mol. The molecular weight excluding hydrogens is 258 g/mol. The molecule has 1 rings (SSSR count). The van der Waals surface area contributed by atoms with Crippen molar-refractivity contribution < 1.29 is 4.52 Å². The van der Waals surface area contributed by atoms with Crippen molar-refractivity contribution in [3.05, 3.63) is 29.3 Å². The Morgan fingerprint density at radius 1 is 1.73 bits per heavy atom. The Morgan fingerprint density at radius 2 is 2.47 bits per heavy atom. The van der Waals surface area contributed by atoms with Crippen molar-refractivity contribution in [2.24, 2.45) is 0 Å². The normalized spacial score (nSPS) is 11.5. The number of hydrogen-bond donors (Lipinski definition) is 2. The van der Waals surface area contributed by atoms with E-state index in [4.69, 9.17) is 9.93 Å². The van der Waals surface area contributed by atoms with Gasteiger partial charge in [-0.05, 0) is 15.9 Å². The van der Waals surface area contributed by atoms with Crippen molar-refractivity contribution in [1.82, 2.24) is 10.5 Å². The molecule has 0 spiro atoms. The van der Waals surface area contributed by atoms with Crippen LogP contribution in [0.2, 0.25) is 0 Å². The summed E-state index contributed by atoms with van der Waals surface area (Å²) in [7, 11) is 1.80. The molecule has 5 heteroatoms. The lowest BCUT2D eigenvalue weighted by molar-refractivity contribution is 0.381. The maximum absolute atomic E-state index is 7.51. The van der Waals surface area contributed by atoms with E-state index in [2.05, 4.69) is 26.4 Å². The molecule has 0 aromatic carbocycles. The third kappa shape index (κ3) is 3.51. The number of halogens is 1. The van der Waals surface area contributed by atoms with Gasteiger partial charge in [0.25, 0.3) is 0 Å². The second kappa shape index (κ2) is 5.70. The Morgan fingerprint density at radius 3 is 2.93 bits per heavy atom. The zero-order chi connectivity index (χ0) is 11.3. The van der Waals surface area contributed by atoms with Crippen LogP contribution in [0.3, 0.4) is 0 Å². The summed E-state index contributed by atoms with van der Waals surface area (Å²) in [6, 6.07) is 1.92. The van der Waals surface area contributed by atoms with Crippen molar-refractivity contribution >= 4 is 20.6 Å². The highest BCUT2D eigenvalue weighted by atomic mass is 79.9. The SMILES string of the molecule is CCc1cc(C/C(=C/NC)C(=N)Br)no1. The summed E-state index contributed by atoms with van der Waals surface area (Å²) in [6.45, 7) is 2.02. The van der Waals surface area contributed by atoms with Crippen LogP contribution < -0.4 is 5.32 Å². The predicted octanol–water partition coefficient (Wildman–Crippen LogP) is 2.25. The zero-order valence-corrected chi connectivity index (χ0v) is 10.4. The van der Waals surface area contributed by atoms with Gasteiger partial charge in [0.2, 0.25) is 0 Å².